The van der Waals surface area contributed by atoms with Gasteiger partial charge in [0.1, 0.15) is 0 Å². The van der Waals surface area contributed by atoms with Crippen LogP contribution in [0.25, 0.3) is 71.0 Å². The second kappa shape index (κ2) is 14.0. The summed E-state index contributed by atoms with van der Waals surface area (Å²) in [6.07, 6.45) is 0. The molecule has 0 unspecified atom stereocenters. The Morgan fingerprint density at radius 1 is 0.407 bits per heavy atom. The molecule has 0 N–H and O–H groups in total. The van der Waals surface area contributed by atoms with Crippen molar-refractivity contribution < 1.29 is 0 Å². The van der Waals surface area contributed by atoms with Crippen molar-refractivity contribution in [2.24, 2.45) is 0 Å². The summed E-state index contributed by atoms with van der Waals surface area (Å²) in [6.45, 7) is 7.71. The molecule has 10 aromatic rings. The maximum Gasteiger partial charge on any atom is 0.190 e. The lowest BCUT2D eigenvalue weighted by molar-refractivity contribution is 1.17. The van der Waals surface area contributed by atoms with Crippen LogP contribution in [0.15, 0.2) is 176 Å². The third-order valence-electron chi connectivity index (χ3n) is 10.9. The Morgan fingerprint density at radius 3 is 1.37 bits per heavy atom. The molecule has 0 amide bonds. The molecule has 0 aliphatic carbocycles. The summed E-state index contributed by atoms with van der Waals surface area (Å²) in [5.74, 6) is 0. The van der Waals surface area contributed by atoms with Crippen molar-refractivity contribution in [1.29, 1.82) is 15.8 Å². The minimum Gasteiger partial charge on any atom is -0.310 e. The zero-order chi connectivity index (χ0) is 40.0. The lowest BCUT2D eigenvalue weighted by Gasteiger charge is -2.26. The average Bonchev–Trinajstić information content (AvgIpc) is 3.81. The van der Waals surface area contributed by atoms with Crippen LogP contribution < -0.4 is 4.90 Å². The number of fused-ring (bicyclic) bond motifs is 6. The lowest BCUT2D eigenvalue weighted by Crippen LogP contribution is -2.10. The number of para-hydroxylation sites is 2. The van der Waals surface area contributed by atoms with Gasteiger partial charge in [-0.25, -0.2) is 4.85 Å². The van der Waals surface area contributed by atoms with Gasteiger partial charge < -0.3 is 14.0 Å². The average molecular weight is 752 g/mol. The number of nitriles is 3. The Hall–Kier alpha value is -8.88. The van der Waals surface area contributed by atoms with Gasteiger partial charge in [0.25, 0.3) is 0 Å². The molecular formula is C52H29N7. The zero-order valence-corrected chi connectivity index (χ0v) is 31.4. The van der Waals surface area contributed by atoms with Crippen molar-refractivity contribution in [2.45, 2.75) is 0 Å². The van der Waals surface area contributed by atoms with E-state index in [-0.39, 0.29) is 0 Å². The number of aromatic nitrogens is 2. The fraction of sp³-hybridized carbons (Fsp3) is 0. The van der Waals surface area contributed by atoms with Crippen molar-refractivity contribution in [3.05, 3.63) is 204 Å². The van der Waals surface area contributed by atoms with E-state index in [1.165, 1.54) is 0 Å². The van der Waals surface area contributed by atoms with Crippen molar-refractivity contribution in [3.8, 4) is 40.7 Å². The van der Waals surface area contributed by atoms with Crippen LogP contribution in [0.5, 0.6) is 0 Å². The topological polar surface area (TPSA) is 88.8 Å². The van der Waals surface area contributed by atoms with Crippen LogP contribution in [-0.4, -0.2) is 9.13 Å². The number of benzene rings is 8. The summed E-state index contributed by atoms with van der Waals surface area (Å²) in [7, 11) is 0. The smallest absolute Gasteiger partial charge is 0.190 e. The molecule has 0 bridgehead atoms. The molecule has 7 heteroatoms. The highest BCUT2D eigenvalue weighted by atomic mass is 15.1. The number of anilines is 3. The first-order valence-electron chi connectivity index (χ1n) is 19.0. The van der Waals surface area contributed by atoms with Crippen molar-refractivity contribution in [3.63, 3.8) is 0 Å². The summed E-state index contributed by atoms with van der Waals surface area (Å²) in [5.41, 5.74) is 12.1. The van der Waals surface area contributed by atoms with Crippen molar-refractivity contribution in [2.75, 3.05) is 4.90 Å². The minimum atomic E-state index is 0.409. The molecule has 0 spiro atoms. The molecule has 0 radical (unpaired) electrons. The Kier molecular flexibility index (Phi) is 8.21. The Balaban J connectivity index is 1.20. The fourth-order valence-electron chi connectivity index (χ4n) is 8.36. The van der Waals surface area contributed by atoms with E-state index in [0.717, 1.165) is 83.2 Å². The second-order valence-corrected chi connectivity index (χ2v) is 14.3. The highest BCUT2D eigenvalue weighted by Gasteiger charge is 2.21. The highest BCUT2D eigenvalue weighted by Crippen LogP contribution is 2.43. The summed E-state index contributed by atoms with van der Waals surface area (Å²) in [4.78, 5) is 5.93. The maximum atomic E-state index is 9.84. The van der Waals surface area contributed by atoms with E-state index in [1.54, 1.807) is 12.1 Å². The summed E-state index contributed by atoms with van der Waals surface area (Å²) in [5, 5.41) is 33.6. The first-order valence-corrected chi connectivity index (χ1v) is 19.0. The van der Waals surface area contributed by atoms with Gasteiger partial charge >= 0.3 is 0 Å². The van der Waals surface area contributed by atoms with Gasteiger partial charge in [-0.05, 0) is 108 Å². The number of nitrogens with zero attached hydrogens (tertiary/aromatic N) is 7. The van der Waals surface area contributed by atoms with E-state index < -0.39 is 0 Å². The molecular weight excluding hydrogens is 723 g/mol. The quantitative estimate of drug-likeness (QED) is 0.158. The molecule has 0 saturated heterocycles. The standard InChI is InChI=1S/C52H29N7/c1-56-39-24-36(33-55)27-44(28-39)59-50-14-8-6-12-46(50)48-30-42(20-22-52(48)59)57(40-17-15-38(16-18-40)37-9-3-2-4-10-37)41-19-21-51-47(29-41)45-11-5-7-13-49(45)58(51)43-25-34(31-53)23-35(26-43)32-54/h2-30H. The summed E-state index contributed by atoms with van der Waals surface area (Å²) < 4.78 is 4.25. The molecule has 0 aliphatic rings. The van der Waals surface area contributed by atoms with Crippen LogP contribution in [0, 0.1) is 40.6 Å². The molecule has 0 atom stereocenters. The molecule has 8 aromatic carbocycles. The fourth-order valence-corrected chi connectivity index (χ4v) is 8.36. The third-order valence-corrected chi connectivity index (χ3v) is 10.9. The second-order valence-electron chi connectivity index (χ2n) is 14.3. The van der Waals surface area contributed by atoms with Gasteiger partial charge in [0.2, 0.25) is 0 Å². The monoisotopic (exact) mass is 751 g/mol. The van der Waals surface area contributed by atoms with E-state index in [1.807, 2.05) is 66.7 Å². The predicted octanol–water partition coefficient (Wildman–Crippen LogP) is 13.2. The van der Waals surface area contributed by atoms with Crippen LogP contribution >= 0.6 is 0 Å². The van der Waals surface area contributed by atoms with Gasteiger partial charge in [-0.2, -0.15) is 15.8 Å². The van der Waals surface area contributed by atoms with Crippen LogP contribution in [-0.2, 0) is 0 Å². The molecule has 10 rings (SSSR count). The molecule has 2 aromatic heterocycles. The molecule has 7 nitrogen and oxygen atoms in total. The summed E-state index contributed by atoms with van der Waals surface area (Å²) in [6, 6.07) is 65.5. The zero-order valence-electron chi connectivity index (χ0n) is 31.4. The first-order chi connectivity index (χ1) is 29.0. The lowest BCUT2D eigenvalue weighted by atomic mass is 10.0. The number of hydrogen-bond acceptors (Lipinski definition) is 4. The number of hydrogen-bond donors (Lipinski definition) is 0. The summed E-state index contributed by atoms with van der Waals surface area (Å²) >= 11 is 0. The largest absolute Gasteiger partial charge is 0.310 e. The van der Waals surface area contributed by atoms with E-state index in [4.69, 9.17) is 6.57 Å². The molecule has 272 valence electrons. The number of rotatable bonds is 6. The van der Waals surface area contributed by atoms with Gasteiger partial charge in [-0.1, -0.05) is 78.9 Å². The minimum absolute atomic E-state index is 0.409. The van der Waals surface area contributed by atoms with E-state index in [0.29, 0.717) is 22.4 Å². The molecule has 59 heavy (non-hydrogen) atoms. The van der Waals surface area contributed by atoms with E-state index in [9.17, 15) is 15.8 Å². The Morgan fingerprint density at radius 2 is 0.847 bits per heavy atom. The van der Waals surface area contributed by atoms with Crippen molar-refractivity contribution in [1.82, 2.24) is 9.13 Å². The molecule has 0 fully saturated rings. The van der Waals surface area contributed by atoms with Crippen LogP contribution in [0.2, 0.25) is 0 Å². The van der Waals surface area contributed by atoms with E-state index >= 15 is 0 Å². The molecule has 2 heterocycles. The van der Waals surface area contributed by atoms with Crippen LogP contribution in [0.4, 0.5) is 22.7 Å². The van der Waals surface area contributed by atoms with Gasteiger partial charge in [-0.15, -0.1) is 0 Å². The van der Waals surface area contributed by atoms with Crippen LogP contribution in [0.3, 0.4) is 0 Å². The highest BCUT2D eigenvalue weighted by molar-refractivity contribution is 6.12. The third kappa shape index (κ3) is 5.80. The predicted molar refractivity (Wildman–Crippen MR) is 236 cm³/mol. The Labute approximate surface area is 339 Å². The van der Waals surface area contributed by atoms with Gasteiger partial charge in [0.05, 0.1) is 58.0 Å². The van der Waals surface area contributed by atoms with E-state index in [2.05, 4.69) is 134 Å². The maximum absolute atomic E-state index is 9.84. The van der Waals surface area contributed by atoms with Crippen molar-refractivity contribution >= 4 is 66.4 Å². The Bertz CT molecular complexity index is 3230. The van der Waals surface area contributed by atoms with Gasteiger partial charge in [0, 0.05) is 55.5 Å². The van der Waals surface area contributed by atoms with Gasteiger partial charge in [0.15, 0.2) is 5.69 Å². The first kappa shape index (κ1) is 34.6. The SMILES string of the molecule is [C-]#[N+]c1cc(C#N)cc(-n2c3ccccc3c3cc(N(c4ccc(-c5ccccc5)cc4)c4ccc5c(c4)c4ccccc4n5-c4cc(C#N)cc(C#N)c4)ccc32)c1. The molecule has 0 saturated carbocycles. The van der Waals surface area contributed by atoms with Gasteiger partial charge in [-0.3, -0.25) is 0 Å². The molecule has 0 aliphatic heterocycles. The van der Waals surface area contributed by atoms with Crippen LogP contribution in [0.1, 0.15) is 16.7 Å². The normalized spacial score (nSPS) is 11.0.